The Kier molecular flexibility index (Phi) is 4.19. The second kappa shape index (κ2) is 5.54. The van der Waals surface area contributed by atoms with Crippen LogP contribution < -0.4 is 10.6 Å². The minimum absolute atomic E-state index is 0.160. The van der Waals surface area contributed by atoms with Gasteiger partial charge in [-0.2, -0.15) is 0 Å². The van der Waals surface area contributed by atoms with Crippen molar-refractivity contribution in [2.24, 2.45) is 5.73 Å². The third-order valence-corrected chi connectivity index (χ3v) is 4.45. The fraction of sp³-hybridized carbons (Fsp3) is 0.647. The lowest BCUT2D eigenvalue weighted by atomic mass is 9.85. The molecule has 1 aliphatic heterocycles. The molecule has 1 aliphatic rings. The molecule has 0 bridgehead atoms. The van der Waals surface area contributed by atoms with Gasteiger partial charge in [-0.15, -0.1) is 0 Å². The van der Waals surface area contributed by atoms with Gasteiger partial charge in [-0.1, -0.05) is 32.0 Å². The highest BCUT2D eigenvalue weighted by Crippen LogP contribution is 2.37. The molecule has 1 fully saturated rings. The molecule has 2 nitrogen and oxygen atoms in total. The fourth-order valence-corrected chi connectivity index (χ4v) is 3.43. The summed E-state index contributed by atoms with van der Waals surface area (Å²) in [5, 5.41) is 0. The highest BCUT2D eigenvalue weighted by molar-refractivity contribution is 5.62. The maximum absolute atomic E-state index is 6.17. The average molecular weight is 260 g/mol. The van der Waals surface area contributed by atoms with Gasteiger partial charge in [0, 0.05) is 23.8 Å². The molecule has 106 valence electrons. The molecule has 2 heteroatoms. The van der Waals surface area contributed by atoms with Crippen LogP contribution in [0, 0.1) is 0 Å². The molecule has 1 saturated heterocycles. The first-order valence-electron chi connectivity index (χ1n) is 7.63. The van der Waals surface area contributed by atoms with Crippen LogP contribution in [0.1, 0.15) is 51.7 Å². The second-order valence-electron chi connectivity index (χ2n) is 6.35. The zero-order chi connectivity index (χ0) is 14.0. The van der Waals surface area contributed by atoms with Crippen LogP contribution in [0.2, 0.25) is 0 Å². The van der Waals surface area contributed by atoms with Crippen LogP contribution in [-0.2, 0) is 12.8 Å². The smallest absolute Gasteiger partial charge is 0.0435 e. The van der Waals surface area contributed by atoms with Gasteiger partial charge < -0.3 is 10.6 Å². The standard InChI is InChI=1S/C17H28N2/c1-5-13-8-7-9-14(6-2)16(13)19-11-10-15(18)12-17(19,3)4/h7-9,15H,5-6,10-12,18H2,1-4H3. The number of nitrogens with two attached hydrogens (primary N) is 1. The molecule has 0 amide bonds. The lowest BCUT2D eigenvalue weighted by Gasteiger charge is -2.48. The van der Waals surface area contributed by atoms with E-state index in [4.69, 9.17) is 5.73 Å². The van der Waals surface area contributed by atoms with Crippen molar-refractivity contribution in [1.82, 2.24) is 0 Å². The zero-order valence-electron chi connectivity index (χ0n) is 12.9. The molecule has 1 heterocycles. The first-order valence-corrected chi connectivity index (χ1v) is 7.63. The molecule has 2 N–H and O–H groups in total. The average Bonchev–Trinajstić information content (AvgIpc) is 2.37. The maximum atomic E-state index is 6.17. The Morgan fingerprint density at radius 2 is 1.79 bits per heavy atom. The number of para-hydroxylation sites is 1. The van der Waals surface area contributed by atoms with Gasteiger partial charge in [-0.05, 0) is 50.7 Å². The Labute approximate surface area is 118 Å². The van der Waals surface area contributed by atoms with Crippen LogP contribution in [0.5, 0.6) is 0 Å². The summed E-state index contributed by atoms with van der Waals surface area (Å²) in [6.45, 7) is 10.2. The molecule has 19 heavy (non-hydrogen) atoms. The van der Waals surface area contributed by atoms with Gasteiger partial charge in [0.2, 0.25) is 0 Å². The van der Waals surface area contributed by atoms with Crippen molar-refractivity contribution in [1.29, 1.82) is 0 Å². The SMILES string of the molecule is CCc1cccc(CC)c1N1CCC(N)CC1(C)C. The highest BCUT2D eigenvalue weighted by atomic mass is 15.2. The predicted octanol–water partition coefficient (Wildman–Crippen LogP) is 3.52. The summed E-state index contributed by atoms with van der Waals surface area (Å²) < 4.78 is 0. The molecule has 0 aromatic heterocycles. The number of hydrogen-bond acceptors (Lipinski definition) is 2. The van der Waals surface area contributed by atoms with Gasteiger partial charge in [0.1, 0.15) is 0 Å². The van der Waals surface area contributed by atoms with Crippen molar-refractivity contribution in [3.63, 3.8) is 0 Å². The van der Waals surface area contributed by atoms with Crippen molar-refractivity contribution in [2.75, 3.05) is 11.4 Å². The Morgan fingerprint density at radius 1 is 1.21 bits per heavy atom. The van der Waals surface area contributed by atoms with Crippen LogP contribution in [0.15, 0.2) is 18.2 Å². The lowest BCUT2D eigenvalue weighted by Crippen LogP contribution is -2.54. The lowest BCUT2D eigenvalue weighted by molar-refractivity contribution is 0.326. The van der Waals surface area contributed by atoms with E-state index >= 15 is 0 Å². The van der Waals surface area contributed by atoms with Crippen molar-refractivity contribution in [2.45, 2.75) is 65.0 Å². The summed E-state index contributed by atoms with van der Waals surface area (Å²) in [5.41, 5.74) is 10.8. The van der Waals surface area contributed by atoms with E-state index in [1.807, 2.05) is 0 Å². The third kappa shape index (κ3) is 2.79. The summed E-state index contributed by atoms with van der Waals surface area (Å²) in [5.74, 6) is 0. The predicted molar refractivity (Wildman–Crippen MR) is 83.8 cm³/mol. The summed E-state index contributed by atoms with van der Waals surface area (Å²) in [6.07, 6.45) is 4.38. The second-order valence-corrected chi connectivity index (χ2v) is 6.35. The minimum atomic E-state index is 0.160. The number of piperidine rings is 1. The maximum Gasteiger partial charge on any atom is 0.0435 e. The van der Waals surface area contributed by atoms with Gasteiger partial charge in [0.15, 0.2) is 0 Å². The van der Waals surface area contributed by atoms with Crippen LogP contribution in [0.4, 0.5) is 5.69 Å². The van der Waals surface area contributed by atoms with Gasteiger partial charge >= 0.3 is 0 Å². The molecule has 0 saturated carbocycles. The monoisotopic (exact) mass is 260 g/mol. The quantitative estimate of drug-likeness (QED) is 0.901. The van der Waals surface area contributed by atoms with Gasteiger partial charge in [0.25, 0.3) is 0 Å². The van der Waals surface area contributed by atoms with E-state index in [1.54, 1.807) is 0 Å². The van der Waals surface area contributed by atoms with E-state index < -0.39 is 0 Å². The normalized spacial score (nSPS) is 22.6. The molecule has 1 aromatic rings. The number of aryl methyl sites for hydroxylation is 2. The molecule has 2 rings (SSSR count). The number of anilines is 1. The number of hydrogen-bond donors (Lipinski definition) is 1. The van der Waals surface area contributed by atoms with Crippen LogP contribution in [0.25, 0.3) is 0 Å². The van der Waals surface area contributed by atoms with Gasteiger partial charge in [-0.25, -0.2) is 0 Å². The van der Waals surface area contributed by atoms with Crippen LogP contribution in [0.3, 0.4) is 0 Å². The molecule has 0 spiro atoms. The first-order chi connectivity index (χ1) is 8.99. The van der Waals surface area contributed by atoms with E-state index in [2.05, 4.69) is 50.8 Å². The summed E-state index contributed by atoms with van der Waals surface area (Å²) in [6, 6.07) is 7.10. The minimum Gasteiger partial charge on any atom is -0.366 e. The number of nitrogens with zero attached hydrogens (tertiary/aromatic N) is 1. The molecule has 1 unspecified atom stereocenters. The largest absolute Gasteiger partial charge is 0.366 e. The summed E-state index contributed by atoms with van der Waals surface area (Å²) >= 11 is 0. The van der Waals surface area contributed by atoms with E-state index in [-0.39, 0.29) is 5.54 Å². The molecule has 1 aromatic carbocycles. The first kappa shape index (κ1) is 14.4. The Bertz CT molecular complexity index is 415. The van der Waals surface area contributed by atoms with E-state index in [0.29, 0.717) is 6.04 Å². The van der Waals surface area contributed by atoms with Crippen LogP contribution in [-0.4, -0.2) is 18.1 Å². The third-order valence-electron chi connectivity index (χ3n) is 4.45. The number of rotatable bonds is 3. The molecular formula is C17H28N2. The van der Waals surface area contributed by atoms with Gasteiger partial charge in [0.05, 0.1) is 0 Å². The van der Waals surface area contributed by atoms with Crippen molar-refractivity contribution < 1.29 is 0 Å². The van der Waals surface area contributed by atoms with Crippen molar-refractivity contribution in [3.8, 4) is 0 Å². The molecule has 1 atom stereocenters. The fourth-order valence-electron chi connectivity index (χ4n) is 3.43. The Balaban J connectivity index is 2.45. The molecule has 0 radical (unpaired) electrons. The van der Waals surface area contributed by atoms with E-state index in [0.717, 1.165) is 32.2 Å². The van der Waals surface area contributed by atoms with Gasteiger partial charge in [-0.3, -0.25) is 0 Å². The van der Waals surface area contributed by atoms with E-state index in [1.165, 1.54) is 16.8 Å². The molecule has 0 aliphatic carbocycles. The van der Waals surface area contributed by atoms with E-state index in [9.17, 15) is 0 Å². The Morgan fingerprint density at radius 3 is 2.26 bits per heavy atom. The summed E-state index contributed by atoms with van der Waals surface area (Å²) in [4.78, 5) is 2.61. The zero-order valence-corrected chi connectivity index (χ0v) is 12.9. The molecular weight excluding hydrogens is 232 g/mol. The Hall–Kier alpha value is -1.02. The van der Waals surface area contributed by atoms with Crippen molar-refractivity contribution >= 4 is 5.69 Å². The van der Waals surface area contributed by atoms with Crippen molar-refractivity contribution in [3.05, 3.63) is 29.3 Å². The topological polar surface area (TPSA) is 29.3 Å². The highest BCUT2D eigenvalue weighted by Gasteiger charge is 2.35. The number of benzene rings is 1. The summed E-state index contributed by atoms with van der Waals surface area (Å²) in [7, 11) is 0. The van der Waals surface area contributed by atoms with Crippen LogP contribution >= 0.6 is 0 Å².